The number of esters is 2. The molecule has 2 saturated heterocycles. The number of carbonyl (C=O) groups excluding carboxylic acids is 3. The first-order valence-electron chi connectivity index (χ1n) is 20.9. The standard InChI is InChI=1S/C45H61NO9/c1-42(2,3)54-38(48)18-16-32(25-47)46-40(49)29-22-35(39-36(23-29)52-45(55-39,30-12-13-30)31-14-15-31)51-41(50)27-9-7-26(8-10-27)21-28-11-17-37-44(6,53-37)20-19-34-33(28)24-43(34,4)5/h7-10,21,23,30-37,39,47H,11-20,22,24-25H2,1-6H3,(H,46,49). The van der Waals surface area contributed by atoms with Crippen molar-refractivity contribution in [2.24, 2.45) is 29.1 Å². The van der Waals surface area contributed by atoms with Gasteiger partial charge in [0, 0.05) is 30.3 Å². The summed E-state index contributed by atoms with van der Waals surface area (Å²) in [5.74, 6) is -0.132. The van der Waals surface area contributed by atoms with E-state index in [9.17, 15) is 19.5 Å². The quantitative estimate of drug-likeness (QED) is 0.177. The van der Waals surface area contributed by atoms with Crippen LogP contribution in [0.3, 0.4) is 0 Å². The van der Waals surface area contributed by atoms with E-state index in [-0.39, 0.29) is 37.4 Å². The molecule has 10 nitrogen and oxygen atoms in total. The van der Waals surface area contributed by atoms with Gasteiger partial charge in [-0.3, -0.25) is 9.59 Å². The van der Waals surface area contributed by atoms with E-state index in [1.165, 1.54) is 18.4 Å². The van der Waals surface area contributed by atoms with Gasteiger partial charge < -0.3 is 34.1 Å². The molecule has 0 bridgehead atoms. The van der Waals surface area contributed by atoms with E-state index in [4.69, 9.17) is 23.7 Å². The molecule has 0 spiro atoms. The fraction of sp³-hybridized carbons (Fsp3) is 0.711. The maximum Gasteiger partial charge on any atom is 0.338 e. The van der Waals surface area contributed by atoms with E-state index in [1.54, 1.807) is 20.8 Å². The lowest BCUT2D eigenvalue weighted by Crippen LogP contribution is -2.45. The second-order valence-corrected chi connectivity index (χ2v) is 19.5. The molecule has 2 aliphatic heterocycles. The van der Waals surface area contributed by atoms with E-state index >= 15 is 0 Å². The maximum atomic E-state index is 13.8. The van der Waals surface area contributed by atoms with Gasteiger partial charge in [0.25, 0.3) is 0 Å². The molecule has 300 valence electrons. The first-order chi connectivity index (χ1) is 26.1. The van der Waals surface area contributed by atoms with Crippen molar-refractivity contribution in [3.63, 3.8) is 0 Å². The summed E-state index contributed by atoms with van der Waals surface area (Å²) < 4.78 is 31.3. The van der Waals surface area contributed by atoms with Crippen molar-refractivity contribution in [3.05, 3.63) is 52.6 Å². The van der Waals surface area contributed by atoms with Crippen LogP contribution in [-0.4, -0.2) is 77.0 Å². The second-order valence-electron chi connectivity index (χ2n) is 19.5. The number of hydrogen-bond donors (Lipinski definition) is 2. The average Bonchev–Trinajstić information content (AvgIpc) is 4.03. The Morgan fingerprint density at radius 3 is 2.33 bits per heavy atom. The van der Waals surface area contributed by atoms with Crippen molar-refractivity contribution < 1.29 is 43.2 Å². The number of hydrogen-bond acceptors (Lipinski definition) is 9. The number of carbonyl (C=O) groups is 3. The van der Waals surface area contributed by atoms with Crippen LogP contribution in [0.25, 0.3) is 6.08 Å². The van der Waals surface area contributed by atoms with Crippen LogP contribution in [0, 0.1) is 29.1 Å². The summed E-state index contributed by atoms with van der Waals surface area (Å²) in [5.41, 5.74) is 3.18. The van der Waals surface area contributed by atoms with Crippen LogP contribution in [0.15, 0.2) is 41.5 Å². The number of benzene rings is 1. The molecular weight excluding hydrogens is 698 g/mol. The number of allylic oxidation sites excluding steroid dienone is 1. The molecule has 4 saturated carbocycles. The number of aliphatic hydroxyl groups excluding tert-OH is 1. The molecule has 0 aromatic heterocycles. The van der Waals surface area contributed by atoms with Crippen LogP contribution >= 0.6 is 0 Å². The SMILES string of the molecule is CC(C)(C)OC(=O)CCC(CO)NC(=O)C1=CC2OC(C3CC3)(C3CC3)OC2C(OC(=O)c2ccc(C=C3CCC4OC4(C)CCC4C3CC4(C)C)cc2)C1. The number of rotatable bonds is 11. The highest BCUT2D eigenvalue weighted by Gasteiger charge is 2.64. The summed E-state index contributed by atoms with van der Waals surface area (Å²) in [6.45, 7) is 12.1. The van der Waals surface area contributed by atoms with E-state index in [1.807, 2.05) is 30.3 Å². The van der Waals surface area contributed by atoms with Crippen LogP contribution in [-0.2, 0) is 33.3 Å². The lowest BCUT2D eigenvalue weighted by atomic mass is 9.52. The lowest BCUT2D eigenvalue weighted by Gasteiger charge is -2.53. The average molecular weight is 760 g/mol. The normalized spacial score (nSPS) is 34.6. The van der Waals surface area contributed by atoms with E-state index in [2.05, 4.69) is 32.2 Å². The largest absolute Gasteiger partial charge is 0.460 e. The van der Waals surface area contributed by atoms with Crippen molar-refractivity contribution in [2.75, 3.05) is 6.61 Å². The number of ether oxygens (including phenoxy) is 5. The zero-order valence-corrected chi connectivity index (χ0v) is 33.6. The van der Waals surface area contributed by atoms with Gasteiger partial charge in [-0.25, -0.2) is 4.79 Å². The highest BCUT2D eigenvalue weighted by atomic mass is 16.8. The summed E-state index contributed by atoms with van der Waals surface area (Å²) in [5, 5.41) is 13.0. The molecule has 2 heterocycles. The zero-order chi connectivity index (χ0) is 38.9. The van der Waals surface area contributed by atoms with Crippen LogP contribution in [0.1, 0.15) is 135 Å². The maximum absolute atomic E-state index is 13.8. The Bertz CT molecular complexity index is 1700. The van der Waals surface area contributed by atoms with Crippen LogP contribution in [0.2, 0.25) is 0 Å². The van der Waals surface area contributed by atoms with E-state index in [0.717, 1.165) is 50.5 Å². The fourth-order valence-electron chi connectivity index (χ4n) is 10.1. The van der Waals surface area contributed by atoms with Gasteiger partial charge in [0.1, 0.15) is 23.9 Å². The molecule has 1 amide bonds. The predicted molar refractivity (Wildman–Crippen MR) is 205 cm³/mol. The van der Waals surface area contributed by atoms with E-state index in [0.29, 0.717) is 46.3 Å². The third-order valence-corrected chi connectivity index (χ3v) is 13.5. The fourth-order valence-corrected chi connectivity index (χ4v) is 10.1. The van der Waals surface area contributed by atoms with E-state index < -0.39 is 47.7 Å². The van der Waals surface area contributed by atoms with Gasteiger partial charge in [-0.15, -0.1) is 0 Å². The zero-order valence-electron chi connectivity index (χ0n) is 33.6. The smallest absolute Gasteiger partial charge is 0.338 e. The molecule has 8 rings (SSSR count). The molecule has 8 atom stereocenters. The highest BCUT2D eigenvalue weighted by Crippen LogP contribution is 2.61. The number of aliphatic hydroxyl groups is 1. The molecule has 6 fully saturated rings. The molecule has 1 aromatic rings. The van der Waals surface area contributed by atoms with Gasteiger partial charge in [-0.1, -0.05) is 37.6 Å². The first-order valence-corrected chi connectivity index (χ1v) is 20.9. The minimum atomic E-state index is -0.744. The lowest BCUT2D eigenvalue weighted by molar-refractivity contribution is -0.209. The third-order valence-electron chi connectivity index (χ3n) is 13.5. The molecule has 7 aliphatic rings. The predicted octanol–water partition coefficient (Wildman–Crippen LogP) is 7.22. The number of amides is 1. The monoisotopic (exact) mass is 759 g/mol. The second kappa shape index (κ2) is 14.4. The molecule has 10 heteroatoms. The number of fused-ring (bicyclic) bond motifs is 3. The molecule has 1 aromatic carbocycles. The van der Waals surface area contributed by atoms with Crippen molar-refractivity contribution in [3.8, 4) is 0 Å². The first kappa shape index (κ1) is 38.8. The van der Waals surface area contributed by atoms with Gasteiger partial charge in [0.2, 0.25) is 5.91 Å². The molecule has 5 aliphatic carbocycles. The third kappa shape index (κ3) is 8.21. The Kier molecular flexibility index (Phi) is 10.2. The molecule has 0 radical (unpaired) electrons. The Labute approximate surface area is 326 Å². The van der Waals surface area contributed by atoms with Crippen molar-refractivity contribution in [2.45, 2.75) is 166 Å². The highest BCUT2D eigenvalue weighted by molar-refractivity contribution is 5.94. The van der Waals surface area contributed by atoms with Gasteiger partial charge in [0.15, 0.2) is 5.79 Å². The van der Waals surface area contributed by atoms with Crippen molar-refractivity contribution in [1.29, 1.82) is 0 Å². The van der Waals surface area contributed by atoms with Gasteiger partial charge in [-0.05, 0) is 133 Å². The van der Waals surface area contributed by atoms with Crippen LogP contribution in [0.4, 0.5) is 0 Å². The summed E-state index contributed by atoms with van der Waals surface area (Å²) in [7, 11) is 0. The minimum Gasteiger partial charge on any atom is -0.460 e. The topological polar surface area (TPSA) is 133 Å². The van der Waals surface area contributed by atoms with Gasteiger partial charge >= 0.3 is 11.9 Å². The molecule has 8 unspecified atom stereocenters. The van der Waals surface area contributed by atoms with Crippen molar-refractivity contribution in [1.82, 2.24) is 5.32 Å². The molecule has 2 N–H and O–H groups in total. The Hall–Kier alpha value is -3.05. The molecule has 55 heavy (non-hydrogen) atoms. The van der Waals surface area contributed by atoms with Gasteiger partial charge in [0.05, 0.1) is 29.9 Å². The Morgan fingerprint density at radius 2 is 1.69 bits per heavy atom. The number of nitrogens with one attached hydrogen (secondary N) is 1. The number of epoxide rings is 1. The summed E-state index contributed by atoms with van der Waals surface area (Å²) in [6, 6.07) is 7.02. The summed E-state index contributed by atoms with van der Waals surface area (Å²) in [4.78, 5) is 39.9. The Morgan fingerprint density at radius 1 is 0.982 bits per heavy atom. The van der Waals surface area contributed by atoms with Crippen LogP contribution in [0.5, 0.6) is 0 Å². The molecular formula is C45H61NO9. The summed E-state index contributed by atoms with van der Waals surface area (Å²) >= 11 is 0. The Balaban J connectivity index is 0.959. The summed E-state index contributed by atoms with van der Waals surface area (Å²) in [6.07, 6.45) is 12.8. The van der Waals surface area contributed by atoms with Crippen LogP contribution < -0.4 is 5.32 Å². The van der Waals surface area contributed by atoms with Gasteiger partial charge in [-0.2, -0.15) is 0 Å². The van der Waals surface area contributed by atoms with Crippen molar-refractivity contribution >= 4 is 23.9 Å². The minimum absolute atomic E-state index is 0.0460.